The second-order valence-corrected chi connectivity index (χ2v) is 10.2. The summed E-state index contributed by atoms with van der Waals surface area (Å²) in [5.74, 6) is 0.222. The second kappa shape index (κ2) is 7.21. The first-order chi connectivity index (χ1) is 12.5. The van der Waals surface area contributed by atoms with Gasteiger partial charge in [-0.3, -0.25) is 9.79 Å². The first kappa shape index (κ1) is 17.8. The van der Waals surface area contributed by atoms with E-state index in [-0.39, 0.29) is 34.8 Å². The molecule has 1 aromatic rings. The Labute approximate surface area is 156 Å². The highest BCUT2D eigenvalue weighted by atomic mass is 32.2. The van der Waals surface area contributed by atoms with E-state index in [1.165, 1.54) is 11.8 Å². The van der Waals surface area contributed by atoms with Gasteiger partial charge in [0.05, 0.1) is 23.7 Å². The fourth-order valence-electron chi connectivity index (χ4n) is 3.36. The summed E-state index contributed by atoms with van der Waals surface area (Å²) in [6.45, 7) is 1.31. The van der Waals surface area contributed by atoms with Gasteiger partial charge in [-0.15, -0.1) is 0 Å². The summed E-state index contributed by atoms with van der Waals surface area (Å²) in [5, 5.41) is 6.87. The highest BCUT2D eigenvalue weighted by Crippen LogP contribution is 2.34. The standard InChI is InChI=1S/C17H21N3O4S2/c21-16(18-8-13-2-1-7-24-13)11-3-5-12(6-4-11)19-17-20-14-9-26(22,23)10-15(14)25-17/h3-6,13-15H,1-2,7-10H2,(H,18,21)(H,19,20)/t13-,14+,15-/m0/s1. The number of ether oxygens (including phenoxy) is 1. The number of carbonyl (C=O) groups is 1. The van der Waals surface area contributed by atoms with Gasteiger partial charge in [0.15, 0.2) is 15.0 Å². The summed E-state index contributed by atoms with van der Waals surface area (Å²) in [4.78, 5) is 16.6. The van der Waals surface area contributed by atoms with Crippen molar-refractivity contribution in [3.63, 3.8) is 0 Å². The van der Waals surface area contributed by atoms with Crippen molar-refractivity contribution >= 4 is 38.4 Å². The number of hydrogen-bond donors (Lipinski definition) is 2. The van der Waals surface area contributed by atoms with E-state index < -0.39 is 9.84 Å². The molecule has 0 bridgehead atoms. The molecule has 1 aromatic carbocycles. The Bertz CT molecular complexity index is 817. The van der Waals surface area contributed by atoms with E-state index in [0.29, 0.717) is 12.1 Å². The molecule has 0 spiro atoms. The topological polar surface area (TPSA) is 96.9 Å². The molecule has 140 valence electrons. The molecule has 26 heavy (non-hydrogen) atoms. The molecule has 0 aromatic heterocycles. The molecule has 3 heterocycles. The first-order valence-corrected chi connectivity index (χ1v) is 11.4. The van der Waals surface area contributed by atoms with Crippen LogP contribution < -0.4 is 10.6 Å². The fourth-order valence-corrected chi connectivity index (χ4v) is 7.03. The van der Waals surface area contributed by atoms with Crippen LogP contribution in [0.25, 0.3) is 0 Å². The number of fused-ring (bicyclic) bond motifs is 1. The van der Waals surface area contributed by atoms with E-state index >= 15 is 0 Å². The molecule has 7 nitrogen and oxygen atoms in total. The second-order valence-electron chi connectivity index (χ2n) is 6.78. The third kappa shape index (κ3) is 4.05. The molecule has 0 saturated carbocycles. The van der Waals surface area contributed by atoms with Gasteiger partial charge in [-0.1, -0.05) is 11.8 Å². The van der Waals surface area contributed by atoms with Gasteiger partial charge in [0.25, 0.3) is 5.91 Å². The van der Waals surface area contributed by atoms with Crippen molar-refractivity contribution in [2.24, 2.45) is 4.99 Å². The van der Waals surface area contributed by atoms with Crippen LogP contribution in [0.4, 0.5) is 5.69 Å². The molecule has 0 unspecified atom stereocenters. The molecule has 3 aliphatic rings. The maximum atomic E-state index is 12.2. The molecule has 3 aliphatic heterocycles. The Morgan fingerprint density at radius 2 is 2.08 bits per heavy atom. The third-order valence-electron chi connectivity index (χ3n) is 4.73. The summed E-state index contributed by atoms with van der Waals surface area (Å²) < 4.78 is 28.7. The van der Waals surface area contributed by atoms with Crippen molar-refractivity contribution in [3.8, 4) is 0 Å². The number of benzene rings is 1. The third-order valence-corrected chi connectivity index (χ3v) is 7.87. The van der Waals surface area contributed by atoms with Crippen LogP contribution in [0.15, 0.2) is 29.3 Å². The highest BCUT2D eigenvalue weighted by Gasteiger charge is 2.42. The molecule has 3 atom stereocenters. The Hall–Kier alpha value is -1.58. The number of hydrogen-bond acceptors (Lipinski definition) is 7. The van der Waals surface area contributed by atoms with Crippen LogP contribution in [0.5, 0.6) is 0 Å². The normalized spacial score (nSPS) is 29.2. The molecule has 1 amide bonds. The molecular weight excluding hydrogens is 374 g/mol. The number of nitrogens with one attached hydrogen (secondary N) is 2. The lowest BCUT2D eigenvalue weighted by atomic mass is 10.2. The summed E-state index contributed by atoms with van der Waals surface area (Å²) in [6.07, 6.45) is 2.17. The zero-order valence-electron chi connectivity index (χ0n) is 14.2. The van der Waals surface area contributed by atoms with Crippen LogP contribution in [0.3, 0.4) is 0 Å². The minimum absolute atomic E-state index is 0.0188. The van der Waals surface area contributed by atoms with Crippen molar-refractivity contribution in [3.05, 3.63) is 29.8 Å². The van der Waals surface area contributed by atoms with E-state index in [4.69, 9.17) is 4.74 Å². The monoisotopic (exact) mass is 395 g/mol. The van der Waals surface area contributed by atoms with Gasteiger partial charge in [-0.2, -0.15) is 0 Å². The molecule has 9 heteroatoms. The highest BCUT2D eigenvalue weighted by molar-refractivity contribution is 8.15. The molecule has 2 N–H and O–H groups in total. The van der Waals surface area contributed by atoms with Crippen molar-refractivity contribution in [2.75, 3.05) is 30.0 Å². The van der Waals surface area contributed by atoms with E-state index in [1.54, 1.807) is 12.1 Å². The average molecular weight is 396 g/mol. The smallest absolute Gasteiger partial charge is 0.251 e. The number of amides is 1. The van der Waals surface area contributed by atoms with Crippen molar-refractivity contribution in [1.29, 1.82) is 0 Å². The number of amidine groups is 1. The average Bonchev–Trinajstić information content (AvgIpc) is 3.28. The Balaban J connectivity index is 1.31. The largest absolute Gasteiger partial charge is 0.376 e. The number of aliphatic imine (C=N–C) groups is 1. The van der Waals surface area contributed by atoms with Gasteiger partial charge >= 0.3 is 0 Å². The number of anilines is 1. The fraction of sp³-hybridized carbons (Fsp3) is 0.529. The number of thioether (sulfide) groups is 1. The van der Waals surface area contributed by atoms with Gasteiger partial charge < -0.3 is 15.4 Å². The lowest BCUT2D eigenvalue weighted by molar-refractivity contribution is 0.0858. The van der Waals surface area contributed by atoms with E-state index in [0.717, 1.165) is 30.3 Å². The summed E-state index contributed by atoms with van der Waals surface area (Å²) >= 11 is 1.48. The number of sulfone groups is 1. The summed E-state index contributed by atoms with van der Waals surface area (Å²) in [5.41, 5.74) is 1.42. The van der Waals surface area contributed by atoms with Crippen molar-refractivity contribution < 1.29 is 17.9 Å². The minimum Gasteiger partial charge on any atom is -0.376 e. The lowest BCUT2D eigenvalue weighted by Gasteiger charge is -2.11. The van der Waals surface area contributed by atoms with E-state index in [9.17, 15) is 13.2 Å². The van der Waals surface area contributed by atoms with Crippen LogP contribution in [-0.2, 0) is 14.6 Å². The predicted octanol–water partition coefficient (Wildman–Crippen LogP) is 1.28. The van der Waals surface area contributed by atoms with Crippen molar-refractivity contribution in [1.82, 2.24) is 5.32 Å². The predicted molar refractivity (Wildman–Crippen MR) is 103 cm³/mol. The summed E-state index contributed by atoms with van der Waals surface area (Å²) in [6, 6.07) is 7.04. The van der Waals surface area contributed by atoms with Gasteiger partial charge in [0, 0.05) is 29.7 Å². The Morgan fingerprint density at radius 3 is 2.77 bits per heavy atom. The molecular formula is C17H21N3O4S2. The Morgan fingerprint density at radius 1 is 1.27 bits per heavy atom. The van der Waals surface area contributed by atoms with Gasteiger partial charge in [-0.25, -0.2) is 8.42 Å². The van der Waals surface area contributed by atoms with Crippen LogP contribution in [0.2, 0.25) is 0 Å². The van der Waals surface area contributed by atoms with E-state index in [1.807, 2.05) is 12.1 Å². The zero-order chi connectivity index (χ0) is 18.1. The molecule has 0 radical (unpaired) electrons. The molecule has 2 saturated heterocycles. The molecule has 2 fully saturated rings. The van der Waals surface area contributed by atoms with Gasteiger partial charge in [-0.05, 0) is 37.1 Å². The molecule has 4 rings (SSSR count). The van der Waals surface area contributed by atoms with Gasteiger partial charge in [0.2, 0.25) is 0 Å². The Kier molecular flexibility index (Phi) is 4.94. The lowest BCUT2D eigenvalue weighted by Crippen LogP contribution is -2.31. The maximum absolute atomic E-state index is 12.2. The molecule has 0 aliphatic carbocycles. The maximum Gasteiger partial charge on any atom is 0.251 e. The summed E-state index contributed by atoms with van der Waals surface area (Å²) in [7, 11) is -2.94. The van der Waals surface area contributed by atoms with Crippen LogP contribution >= 0.6 is 11.8 Å². The van der Waals surface area contributed by atoms with Crippen LogP contribution in [0.1, 0.15) is 23.2 Å². The number of nitrogens with zero attached hydrogens (tertiary/aromatic N) is 1. The van der Waals surface area contributed by atoms with Crippen LogP contribution in [0, 0.1) is 0 Å². The van der Waals surface area contributed by atoms with Crippen molar-refractivity contribution in [2.45, 2.75) is 30.2 Å². The number of carbonyl (C=O) groups excluding carboxylic acids is 1. The number of rotatable bonds is 4. The quantitative estimate of drug-likeness (QED) is 0.797. The minimum atomic E-state index is -2.94. The van der Waals surface area contributed by atoms with Gasteiger partial charge in [0.1, 0.15) is 0 Å². The zero-order valence-corrected chi connectivity index (χ0v) is 15.8. The van der Waals surface area contributed by atoms with E-state index in [2.05, 4.69) is 15.6 Å². The SMILES string of the molecule is O=C(NC[C@@H]1CCCO1)c1ccc(NC2=N[C@@H]3CS(=O)(=O)C[C@@H]3S2)cc1. The first-order valence-electron chi connectivity index (χ1n) is 8.70. The van der Waals surface area contributed by atoms with Crippen LogP contribution in [-0.4, -0.2) is 61.5 Å².